The zero-order valence-electron chi connectivity index (χ0n) is 15.0. The number of anilines is 1. The predicted molar refractivity (Wildman–Crippen MR) is 112 cm³/mol. The molecule has 1 amide bonds. The Morgan fingerprint density at radius 3 is 2.75 bits per heavy atom. The van der Waals surface area contributed by atoms with Gasteiger partial charge in [0, 0.05) is 33.4 Å². The quantitative estimate of drug-likeness (QED) is 0.493. The molecule has 5 nitrogen and oxygen atoms in total. The highest BCUT2D eigenvalue weighted by Crippen LogP contribution is 2.27. The van der Waals surface area contributed by atoms with Gasteiger partial charge < -0.3 is 5.32 Å². The van der Waals surface area contributed by atoms with Crippen LogP contribution in [-0.2, 0) is 6.54 Å². The zero-order chi connectivity index (χ0) is 19.7. The topological polar surface area (TPSA) is 59.8 Å². The van der Waals surface area contributed by atoms with Crippen LogP contribution in [0.15, 0.2) is 60.9 Å². The van der Waals surface area contributed by atoms with Gasteiger partial charge in [0.2, 0.25) is 0 Å². The van der Waals surface area contributed by atoms with Gasteiger partial charge in [-0.1, -0.05) is 41.4 Å². The van der Waals surface area contributed by atoms with Crippen molar-refractivity contribution in [3.63, 3.8) is 0 Å². The van der Waals surface area contributed by atoms with Gasteiger partial charge in [0.25, 0.3) is 5.91 Å². The summed E-state index contributed by atoms with van der Waals surface area (Å²) in [5.74, 6) is 0.279. The number of rotatable bonds is 4. The van der Waals surface area contributed by atoms with E-state index in [0.717, 1.165) is 22.0 Å². The number of hydrogen-bond donors (Lipinski definition) is 1. The van der Waals surface area contributed by atoms with Crippen molar-refractivity contribution in [3.8, 4) is 0 Å². The molecule has 0 fully saturated rings. The van der Waals surface area contributed by atoms with Gasteiger partial charge in [0.1, 0.15) is 0 Å². The van der Waals surface area contributed by atoms with Crippen LogP contribution in [0.1, 0.15) is 21.5 Å². The van der Waals surface area contributed by atoms with Gasteiger partial charge in [-0.2, -0.15) is 5.10 Å². The second-order valence-corrected chi connectivity index (χ2v) is 7.25. The fourth-order valence-electron chi connectivity index (χ4n) is 3.05. The van der Waals surface area contributed by atoms with E-state index in [4.69, 9.17) is 23.2 Å². The first kappa shape index (κ1) is 18.5. The molecule has 0 unspecified atom stereocenters. The van der Waals surface area contributed by atoms with Crippen LogP contribution in [0.2, 0.25) is 10.0 Å². The van der Waals surface area contributed by atoms with Crippen molar-refractivity contribution in [1.29, 1.82) is 0 Å². The summed E-state index contributed by atoms with van der Waals surface area (Å²) in [5.41, 5.74) is 3.16. The number of benzene rings is 2. The van der Waals surface area contributed by atoms with Gasteiger partial charge in [-0.15, -0.1) is 0 Å². The largest absolute Gasteiger partial charge is 0.305 e. The van der Waals surface area contributed by atoms with Crippen molar-refractivity contribution >= 4 is 45.8 Å². The van der Waals surface area contributed by atoms with E-state index in [0.29, 0.717) is 28.0 Å². The van der Waals surface area contributed by atoms with E-state index in [9.17, 15) is 4.79 Å². The molecule has 0 saturated carbocycles. The molecule has 2 aromatic heterocycles. The number of halogens is 2. The lowest BCUT2D eigenvalue weighted by molar-refractivity contribution is 0.102. The highest BCUT2D eigenvalue weighted by atomic mass is 35.5. The number of fused-ring (bicyclic) bond motifs is 1. The standard InChI is InChI=1S/C21H16Cl2N4O/c1-13-11-24-9-8-16(13)21(28)25-20-17-4-2-3-5-19(17)27(26-20)12-14-6-7-15(22)10-18(14)23/h2-11H,12H2,1H3,(H,25,26,28). The maximum absolute atomic E-state index is 12.7. The number of para-hydroxylation sites is 1. The molecule has 0 atom stereocenters. The number of nitrogens with one attached hydrogen (secondary N) is 1. The minimum absolute atomic E-state index is 0.222. The van der Waals surface area contributed by atoms with E-state index in [1.54, 1.807) is 30.6 Å². The number of pyridine rings is 1. The fourth-order valence-corrected chi connectivity index (χ4v) is 3.52. The van der Waals surface area contributed by atoms with Gasteiger partial charge in [0.15, 0.2) is 5.82 Å². The number of hydrogen-bond acceptors (Lipinski definition) is 3. The summed E-state index contributed by atoms with van der Waals surface area (Å²) in [7, 11) is 0. The molecule has 4 aromatic rings. The Balaban J connectivity index is 1.70. The Kier molecular flexibility index (Phi) is 5.03. The molecule has 140 valence electrons. The van der Waals surface area contributed by atoms with Crippen LogP contribution in [0.4, 0.5) is 5.82 Å². The van der Waals surface area contributed by atoms with Gasteiger partial charge in [-0.3, -0.25) is 14.5 Å². The second kappa shape index (κ2) is 7.62. The zero-order valence-corrected chi connectivity index (χ0v) is 16.5. The molecule has 0 saturated heterocycles. The SMILES string of the molecule is Cc1cnccc1C(=O)Nc1nn(Cc2ccc(Cl)cc2Cl)c2ccccc12. The highest BCUT2D eigenvalue weighted by molar-refractivity contribution is 6.35. The lowest BCUT2D eigenvalue weighted by atomic mass is 10.1. The Labute approximate surface area is 171 Å². The normalized spacial score (nSPS) is 11.0. The summed E-state index contributed by atoms with van der Waals surface area (Å²) >= 11 is 12.3. The average molecular weight is 411 g/mol. The molecule has 1 N–H and O–H groups in total. The Bertz CT molecular complexity index is 1190. The Morgan fingerprint density at radius 2 is 1.96 bits per heavy atom. The molecule has 0 bridgehead atoms. The number of carbonyl (C=O) groups is 1. The predicted octanol–water partition coefficient (Wildman–Crippen LogP) is 5.35. The third-order valence-corrected chi connectivity index (χ3v) is 5.08. The van der Waals surface area contributed by atoms with Crippen molar-refractivity contribution < 1.29 is 4.79 Å². The smallest absolute Gasteiger partial charge is 0.257 e. The van der Waals surface area contributed by atoms with Crippen molar-refractivity contribution in [2.75, 3.05) is 5.32 Å². The molecule has 28 heavy (non-hydrogen) atoms. The van der Waals surface area contributed by atoms with Gasteiger partial charge in [0.05, 0.1) is 12.1 Å². The molecule has 0 radical (unpaired) electrons. The molecule has 0 aliphatic heterocycles. The van der Waals surface area contributed by atoms with E-state index in [1.807, 2.05) is 41.9 Å². The van der Waals surface area contributed by atoms with E-state index in [1.165, 1.54) is 0 Å². The summed E-state index contributed by atoms with van der Waals surface area (Å²) in [5, 5.41) is 9.55. The van der Waals surface area contributed by atoms with Crippen LogP contribution in [0.3, 0.4) is 0 Å². The lowest BCUT2D eigenvalue weighted by Gasteiger charge is -2.07. The van der Waals surface area contributed by atoms with E-state index in [-0.39, 0.29) is 5.91 Å². The summed E-state index contributed by atoms with van der Waals surface area (Å²) in [6.45, 7) is 2.31. The molecule has 4 rings (SSSR count). The van der Waals surface area contributed by atoms with Crippen molar-refractivity contribution in [3.05, 3.63) is 87.7 Å². The molecular formula is C21H16Cl2N4O. The fraction of sp³-hybridized carbons (Fsp3) is 0.0952. The van der Waals surface area contributed by atoms with Crippen LogP contribution >= 0.6 is 23.2 Å². The molecular weight excluding hydrogens is 395 g/mol. The maximum atomic E-state index is 12.7. The van der Waals surface area contributed by atoms with Gasteiger partial charge in [-0.05, 0) is 48.4 Å². The summed E-state index contributed by atoms with van der Waals surface area (Å²) in [6.07, 6.45) is 3.26. The molecule has 0 aliphatic carbocycles. The van der Waals surface area contributed by atoms with Crippen molar-refractivity contribution in [2.45, 2.75) is 13.5 Å². The Hall–Kier alpha value is -2.89. The third kappa shape index (κ3) is 3.59. The second-order valence-electron chi connectivity index (χ2n) is 6.40. The molecule has 7 heteroatoms. The lowest BCUT2D eigenvalue weighted by Crippen LogP contribution is -2.14. The first-order valence-electron chi connectivity index (χ1n) is 8.64. The highest BCUT2D eigenvalue weighted by Gasteiger charge is 2.16. The van der Waals surface area contributed by atoms with Crippen molar-refractivity contribution in [1.82, 2.24) is 14.8 Å². The first-order chi connectivity index (χ1) is 13.5. The number of aryl methyl sites for hydroxylation is 1. The number of aromatic nitrogens is 3. The minimum atomic E-state index is -0.222. The van der Waals surface area contributed by atoms with Crippen LogP contribution in [0.5, 0.6) is 0 Å². The van der Waals surface area contributed by atoms with Crippen LogP contribution in [0.25, 0.3) is 10.9 Å². The molecule has 2 aromatic carbocycles. The van der Waals surface area contributed by atoms with Crippen LogP contribution in [-0.4, -0.2) is 20.7 Å². The summed E-state index contributed by atoms with van der Waals surface area (Å²) < 4.78 is 1.82. The monoisotopic (exact) mass is 410 g/mol. The molecule has 0 spiro atoms. The van der Waals surface area contributed by atoms with E-state index >= 15 is 0 Å². The third-order valence-electron chi connectivity index (χ3n) is 4.49. The van der Waals surface area contributed by atoms with E-state index in [2.05, 4.69) is 15.4 Å². The van der Waals surface area contributed by atoms with E-state index < -0.39 is 0 Å². The van der Waals surface area contributed by atoms with Crippen molar-refractivity contribution in [2.24, 2.45) is 0 Å². The number of nitrogens with zero attached hydrogens (tertiary/aromatic N) is 3. The summed E-state index contributed by atoms with van der Waals surface area (Å²) in [6, 6.07) is 14.8. The van der Waals surface area contributed by atoms with Gasteiger partial charge in [-0.25, -0.2) is 0 Å². The Morgan fingerprint density at radius 1 is 1.14 bits per heavy atom. The maximum Gasteiger partial charge on any atom is 0.257 e. The number of carbonyl (C=O) groups excluding carboxylic acids is 1. The summed E-state index contributed by atoms with van der Waals surface area (Å²) in [4.78, 5) is 16.7. The van der Waals surface area contributed by atoms with Crippen LogP contribution in [0, 0.1) is 6.92 Å². The molecule has 0 aliphatic rings. The minimum Gasteiger partial charge on any atom is -0.305 e. The van der Waals surface area contributed by atoms with Gasteiger partial charge >= 0.3 is 0 Å². The molecule has 2 heterocycles. The number of amides is 1. The van der Waals surface area contributed by atoms with Crippen LogP contribution < -0.4 is 5.32 Å². The first-order valence-corrected chi connectivity index (χ1v) is 9.40. The average Bonchev–Trinajstić information content (AvgIpc) is 3.02.